The molecule has 0 saturated carbocycles. The van der Waals surface area contributed by atoms with Crippen LogP contribution in [0.25, 0.3) is 0 Å². The summed E-state index contributed by atoms with van der Waals surface area (Å²) in [6, 6.07) is 7.14. The number of likely N-dealkylation sites (N-methyl/N-ethyl adjacent to an activating group) is 1. The van der Waals surface area contributed by atoms with Crippen LogP contribution in [0.3, 0.4) is 0 Å². The van der Waals surface area contributed by atoms with Crippen molar-refractivity contribution in [1.29, 1.82) is 0 Å². The van der Waals surface area contributed by atoms with E-state index in [2.05, 4.69) is 5.32 Å². The smallest absolute Gasteiger partial charge is 0.339 e. The molecule has 1 aromatic rings. The fraction of sp³-hybridized carbons (Fsp3) is 0.500. The molecule has 1 aliphatic heterocycles. The average molecular weight is 380 g/mol. The number of amides is 2. The molecule has 2 rings (SSSR count). The SMILES string of the molecule is CN(C)C(=O)CNC(=O)COC(=O)c1ccccc1SC[C@@H]1CCCO1. The second-order valence-electron chi connectivity index (χ2n) is 6.08. The van der Waals surface area contributed by atoms with Gasteiger partial charge in [-0.05, 0) is 25.0 Å². The van der Waals surface area contributed by atoms with Crippen LogP contribution in [-0.4, -0.2) is 68.4 Å². The van der Waals surface area contributed by atoms with Gasteiger partial charge in [0.05, 0.1) is 18.2 Å². The molecule has 1 saturated heterocycles. The molecular weight excluding hydrogens is 356 g/mol. The van der Waals surface area contributed by atoms with Gasteiger partial charge in [0.2, 0.25) is 5.91 Å². The van der Waals surface area contributed by atoms with Gasteiger partial charge in [-0.15, -0.1) is 11.8 Å². The van der Waals surface area contributed by atoms with Gasteiger partial charge in [0, 0.05) is 31.4 Å². The van der Waals surface area contributed by atoms with Gasteiger partial charge in [-0.3, -0.25) is 9.59 Å². The van der Waals surface area contributed by atoms with Gasteiger partial charge < -0.3 is 19.7 Å². The molecule has 1 atom stereocenters. The fourth-order valence-electron chi connectivity index (χ4n) is 2.31. The van der Waals surface area contributed by atoms with Crippen LogP contribution >= 0.6 is 11.8 Å². The fourth-order valence-corrected chi connectivity index (χ4v) is 3.42. The van der Waals surface area contributed by atoms with Crippen LogP contribution in [0.5, 0.6) is 0 Å². The number of hydrogen-bond acceptors (Lipinski definition) is 6. The molecular formula is C18H24N2O5S. The summed E-state index contributed by atoms with van der Waals surface area (Å²) in [6.45, 7) is 0.238. The highest BCUT2D eigenvalue weighted by molar-refractivity contribution is 7.99. The van der Waals surface area contributed by atoms with Crippen LogP contribution in [0, 0.1) is 0 Å². The molecule has 0 bridgehead atoms. The number of nitrogens with zero attached hydrogens (tertiary/aromatic N) is 1. The highest BCUT2D eigenvalue weighted by Gasteiger charge is 2.19. The minimum Gasteiger partial charge on any atom is -0.452 e. The molecule has 1 N–H and O–H groups in total. The van der Waals surface area contributed by atoms with Gasteiger partial charge in [-0.25, -0.2) is 4.79 Å². The molecule has 0 radical (unpaired) electrons. The predicted molar refractivity (Wildman–Crippen MR) is 98.1 cm³/mol. The minimum absolute atomic E-state index is 0.128. The van der Waals surface area contributed by atoms with Crippen molar-refractivity contribution >= 4 is 29.5 Å². The van der Waals surface area contributed by atoms with Crippen molar-refractivity contribution in [3.8, 4) is 0 Å². The molecule has 1 heterocycles. The van der Waals surface area contributed by atoms with Crippen molar-refractivity contribution in [2.75, 3.05) is 39.6 Å². The maximum absolute atomic E-state index is 12.3. The number of hydrogen-bond donors (Lipinski definition) is 1. The molecule has 142 valence electrons. The van der Waals surface area contributed by atoms with E-state index >= 15 is 0 Å². The maximum Gasteiger partial charge on any atom is 0.339 e. The summed E-state index contributed by atoms with van der Waals surface area (Å²) < 4.78 is 10.7. The first kappa shape index (κ1) is 20.3. The zero-order valence-corrected chi connectivity index (χ0v) is 15.8. The molecule has 7 nitrogen and oxygen atoms in total. The Morgan fingerprint density at radius 1 is 1.31 bits per heavy atom. The number of nitrogens with one attached hydrogen (secondary N) is 1. The van der Waals surface area contributed by atoms with E-state index in [9.17, 15) is 14.4 Å². The van der Waals surface area contributed by atoms with E-state index in [0.29, 0.717) is 5.56 Å². The van der Waals surface area contributed by atoms with E-state index < -0.39 is 18.5 Å². The molecule has 0 aromatic heterocycles. The highest BCUT2D eigenvalue weighted by atomic mass is 32.2. The monoisotopic (exact) mass is 380 g/mol. The second kappa shape index (κ2) is 10.2. The molecule has 1 aromatic carbocycles. The second-order valence-corrected chi connectivity index (χ2v) is 7.15. The first-order valence-electron chi connectivity index (χ1n) is 8.44. The first-order valence-corrected chi connectivity index (χ1v) is 9.43. The largest absolute Gasteiger partial charge is 0.452 e. The number of carbonyl (C=O) groups is 3. The normalized spacial score (nSPS) is 16.2. The van der Waals surface area contributed by atoms with E-state index in [-0.39, 0.29) is 18.6 Å². The Balaban J connectivity index is 1.82. The lowest BCUT2D eigenvalue weighted by Crippen LogP contribution is -2.38. The average Bonchev–Trinajstić information content (AvgIpc) is 3.16. The third-order valence-electron chi connectivity index (χ3n) is 3.83. The zero-order valence-electron chi connectivity index (χ0n) is 15.0. The highest BCUT2D eigenvalue weighted by Crippen LogP contribution is 2.27. The van der Waals surface area contributed by atoms with Crippen LogP contribution in [-0.2, 0) is 19.1 Å². The number of ether oxygens (including phenoxy) is 2. The first-order chi connectivity index (χ1) is 12.5. The molecule has 1 fully saturated rings. The molecule has 0 unspecified atom stereocenters. The summed E-state index contributed by atoms with van der Waals surface area (Å²) in [5, 5.41) is 2.42. The van der Waals surface area contributed by atoms with Gasteiger partial charge >= 0.3 is 5.97 Å². The van der Waals surface area contributed by atoms with Crippen molar-refractivity contribution in [2.45, 2.75) is 23.8 Å². The lowest BCUT2D eigenvalue weighted by Gasteiger charge is -2.13. The molecule has 1 aliphatic rings. The van der Waals surface area contributed by atoms with E-state index in [1.165, 1.54) is 4.90 Å². The topological polar surface area (TPSA) is 84.9 Å². The van der Waals surface area contributed by atoms with E-state index in [0.717, 1.165) is 30.1 Å². The Kier molecular flexibility index (Phi) is 7.93. The van der Waals surface area contributed by atoms with Crippen LogP contribution in [0.4, 0.5) is 0 Å². The van der Waals surface area contributed by atoms with Crippen LogP contribution in [0.1, 0.15) is 23.2 Å². The maximum atomic E-state index is 12.3. The number of thioether (sulfide) groups is 1. The van der Waals surface area contributed by atoms with Gasteiger partial charge in [-0.2, -0.15) is 0 Å². The summed E-state index contributed by atoms with van der Waals surface area (Å²) in [5.41, 5.74) is 0.424. The number of benzene rings is 1. The Labute approximate surface area is 157 Å². The Morgan fingerprint density at radius 2 is 2.08 bits per heavy atom. The lowest BCUT2D eigenvalue weighted by molar-refractivity contribution is -0.131. The molecule has 26 heavy (non-hydrogen) atoms. The van der Waals surface area contributed by atoms with Gasteiger partial charge in [0.25, 0.3) is 5.91 Å². The van der Waals surface area contributed by atoms with Crippen LogP contribution in [0.15, 0.2) is 29.2 Å². The van der Waals surface area contributed by atoms with Crippen LogP contribution < -0.4 is 5.32 Å². The van der Waals surface area contributed by atoms with E-state index in [4.69, 9.17) is 9.47 Å². The minimum atomic E-state index is -0.561. The van der Waals surface area contributed by atoms with Crippen LogP contribution in [0.2, 0.25) is 0 Å². The number of carbonyl (C=O) groups excluding carboxylic acids is 3. The quantitative estimate of drug-likeness (QED) is 0.541. The van der Waals surface area contributed by atoms with Crippen molar-refractivity contribution in [3.05, 3.63) is 29.8 Å². The van der Waals surface area contributed by atoms with Crippen molar-refractivity contribution < 1.29 is 23.9 Å². The van der Waals surface area contributed by atoms with Crippen molar-refractivity contribution in [2.24, 2.45) is 0 Å². The van der Waals surface area contributed by atoms with E-state index in [1.54, 1.807) is 38.0 Å². The Hall–Kier alpha value is -2.06. The number of rotatable bonds is 8. The molecule has 0 spiro atoms. The molecule has 8 heteroatoms. The third kappa shape index (κ3) is 6.34. The summed E-state index contributed by atoms with van der Waals surface area (Å²) >= 11 is 1.55. The van der Waals surface area contributed by atoms with Gasteiger partial charge in [-0.1, -0.05) is 12.1 Å². The lowest BCUT2D eigenvalue weighted by atomic mass is 10.2. The van der Waals surface area contributed by atoms with Gasteiger partial charge in [0.15, 0.2) is 6.61 Å². The predicted octanol–water partition coefficient (Wildman–Crippen LogP) is 1.32. The van der Waals surface area contributed by atoms with Crippen molar-refractivity contribution in [3.63, 3.8) is 0 Å². The Morgan fingerprint density at radius 3 is 2.77 bits per heavy atom. The molecule has 2 amide bonds. The summed E-state index contributed by atoms with van der Waals surface area (Å²) in [7, 11) is 3.19. The summed E-state index contributed by atoms with van der Waals surface area (Å²) in [4.78, 5) is 37.6. The summed E-state index contributed by atoms with van der Waals surface area (Å²) in [5.74, 6) is -0.537. The van der Waals surface area contributed by atoms with E-state index in [1.807, 2.05) is 12.1 Å². The summed E-state index contributed by atoms with van der Waals surface area (Å²) in [6.07, 6.45) is 2.32. The number of esters is 1. The van der Waals surface area contributed by atoms with Crippen molar-refractivity contribution in [1.82, 2.24) is 10.2 Å². The zero-order chi connectivity index (χ0) is 18.9. The Bertz CT molecular complexity index is 644. The standard InChI is InChI=1S/C18H24N2O5S/c1-20(2)17(22)10-19-16(21)11-25-18(23)14-7-3-4-8-15(14)26-12-13-6-5-9-24-13/h3-4,7-8,13H,5-6,9-12H2,1-2H3,(H,19,21)/t13-/m0/s1. The third-order valence-corrected chi connectivity index (χ3v) is 5.03. The molecule has 0 aliphatic carbocycles. The van der Waals surface area contributed by atoms with Gasteiger partial charge in [0.1, 0.15) is 0 Å².